The molecule has 2 atom stereocenters. The maximum atomic E-state index is 8.53. The average Bonchev–Trinajstić information content (AvgIpc) is 2.63. The Balaban J connectivity index is 2.22. The summed E-state index contributed by atoms with van der Waals surface area (Å²) < 4.78 is 0. The summed E-state index contributed by atoms with van der Waals surface area (Å²) >= 11 is 0. The van der Waals surface area contributed by atoms with E-state index in [1.165, 1.54) is 25.7 Å². The van der Waals surface area contributed by atoms with Crippen molar-refractivity contribution in [3.63, 3.8) is 0 Å². The van der Waals surface area contributed by atoms with Gasteiger partial charge in [0, 0.05) is 12.8 Å². The van der Waals surface area contributed by atoms with Crippen LogP contribution in [0.25, 0.3) is 0 Å². The minimum Gasteiger partial charge on any atom is -0.198 e. The zero-order valence-corrected chi connectivity index (χ0v) is 8.71. The monoisotopic (exact) mass is 190 g/mol. The van der Waals surface area contributed by atoms with Gasteiger partial charge in [0.05, 0.1) is 12.1 Å². The van der Waals surface area contributed by atoms with Crippen molar-refractivity contribution in [2.24, 2.45) is 11.8 Å². The minimum absolute atomic E-state index is 0.696. The maximum Gasteiger partial charge on any atom is 0.0621 e. The van der Waals surface area contributed by atoms with Crippen molar-refractivity contribution in [2.75, 3.05) is 0 Å². The normalized spacial score (nSPS) is 25.6. The Labute approximate surface area is 86.5 Å². The Hall–Kier alpha value is -1.02. The Bertz CT molecular complexity index is 234. The van der Waals surface area contributed by atoms with Crippen molar-refractivity contribution in [1.29, 1.82) is 10.5 Å². The van der Waals surface area contributed by atoms with Crippen molar-refractivity contribution in [1.82, 2.24) is 0 Å². The molecule has 0 amide bonds. The molecular formula is C12H18N2. The van der Waals surface area contributed by atoms with Gasteiger partial charge in [-0.1, -0.05) is 19.3 Å². The van der Waals surface area contributed by atoms with E-state index in [2.05, 4.69) is 12.1 Å². The highest BCUT2D eigenvalue weighted by molar-refractivity contribution is 4.82. The quantitative estimate of drug-likeness (QED) is 0.624. The van der Waals surface area contributed by atoms with Crippen LogP contribution in [0.2, 0.25) is 0 Å². The summed E-state index contributed by atoms with van der Waals surface area (Å²) in [5.41, 5.74) is 0. The van der Waals surface area contributed by atoms with Crippen LogP contribution in [-0.2, 0) is 0 Å². The number of hydrogen-bond donors (Lipinski definition) is 0. The number of nitrogens with zero attached hydrogens (tertiary/aromatic N) is 2. The van der Waals surface area contributed by atoms with Gasteiger partial charge in [-0.2, -0.15) is 10.5 Å². The molecule has 2 unspecified atom stereocenters. The lowest BCUT2D eigenvalue weighted by atomic mass is 9.88. The molecule has 0 bridgehead atoms. The molecule has 2 heteroatoms. The van der Waals surface area contributed by atoms with Gasteiger partial charge in [0.15, 0.2) is 0 Å². The smallest absolute Gasteiger partial charge is 0.0621 e. The van der Waals surface area contributed by atoms with Crippen LogP contribution in [0.4, 0.5) is 0 Å². The van der Waals surface area contributed by atoms with Crippen LogP contribution in [0.5, 0.6) is 0 Å². The van der Waals surface area contributed by atoms with Crippen LogP contribution in [-0.4, -0.2) is 0 Å². The fraction of sp³-hybridized carbons (Fsp3) is 0.833. The Morgan fingerprint density at radius 2 is 1.57 bits per heavy atom. The third-order valence-corrected chi connectivity index (χ3v) is 3.31. The van der Waals surface area contributed by atoms with Crippen molar-refractivity contribution in [3.8, 4) is 12.1 Å². The molecule has 0 aliphatic heterocycles. The van der Waals surface area contributed by atoms with Crippen molar-refractivity contribution >= 4 is 0 Å². The average molecular weight is 190 g/mol. The van der Waals surface area contributed by atoms with E-state index in [0.29, 0.717) is 12.8 Å². The highest BCUT2D eigenvalue weighted by Crippen LogP contribution is 2.37. The molecule has 0 N–H and O–H groups in total. The third kappa shape index (κ3) is 3.38. The van der Waals surface area contributed by atoms with E-state index in [0.717, 1.165) is 24.7 Å². The second kappa shape index (κ2) is 6.44. The lowest BCUT2D eigenvalue weighted by Crippen LogP contribution is -2.07. The summed E-state index contributed by atoms with van der Waals surface area (Å²) in [6.07, 6.45) is 8.68. The predicted octanol–water partition coefficient (Wildman–Crippen LogP) is 3.40. The Morgan fingerprint density at radius 3 is 2.21 bits per heavy atom. The molecule has 1 rings (SSSR count). The second-order valence-electron chi connectivity index (χ2n) is 4.20. The van der Waals surface area contributed by atoms with Crippen LogP contribution in [0.15, 0.2) is 0 Å². The van der Waals surface area contributed by atoms with Crippen LogP contribution in [0.1, 0.15) is 51.4 Å². The molecule has 0 heterocycles. The second-order valence-corrected chi connectivity index (χ2v) is 4.20. The molecule has 1 aliphatic rings. The van der Waals surface area contributed by atoms with Crippen LogP contribution in [0.3, 0.4) is 0 Å². The van der Waals surface area contributed by atoms with Gasteiger partial charge in [0.1, 0.15) is 0 Å². The standard InChI is InChI=1S/C12H18N2/c13-9-2-1-5-11-6-3-7-12(11)8-4-10-14/h11-12H,1-8H2. The highest BCUT2D eigenvalue weighted by Gasteiger charge is 2.25. The summed E-state index contributed by atoms with van der Waals surface area (Å²) in [7, 11) is 0. The van der Waals surface area contributed by atoms with E-state index >= 15 is 0 Å². The number of unbranched alkanes of at least 4 members (excludes halogenated alkanes) is 1. The van der Waals surface area contributed by atoms with Gasteiger partial charge in [-0.3, -0.25) is 0 Å². The van der Waals surface area contributed by atoms with E-state index in [4.69, 9.17) is 10.5 Å². The van der Waals surface area contributed by atoms with Gasteiger partial charge in [0.2, 0.25) is 0 Å². The zero-order chi connectivity index (χ0) is 10.2. The van der Waals surface area contributed by atoms with E-state index in [-0.39, 0.29) is 0 Å². The number of rotatable bonds is 5. The summed E-state index contributed by atoms with van der Waals surface area (Å²) in [6, 6.07) is 4.43. The van der Waals surface area contributed by atoms with Crippen molar-refractivity contribution in [3.05, 3.63) is 0 Å². The Morgan fingerprint density at radius 1 is 0.929 bits per heavy atom. The van der Waals surface area contributed by atoms with Crippen LogP contribution >= 0.6 is 0 Å². The maximum absolute atomic E-state index is 8.53. The molecule has 0 spiro atoms. The molecule has 0 aromatic rings. The van der Waals surface area contributed by atoms with Crippen molar-refractivity contribution in [2.45, 2.75) is 51.4 Å². The number of hydrogen-bond acceptors (Lipinski definition) is 2. The van der Waals surface area contributed by atoms with Gasteiger partial charge in [-0.25, -0.2) is 0 Å². The van der Waals surface area contributed by atoms with Gasteiger partial charge < -0.3 is 0 Å². The van der Waals surface area contributed by atoms with Gasteiger partial charge in [-0.15, -0.1) is 0 Å². The lowest BCUT2D eigenvalue weighted by molar-refractivity contribution is 0.341. The predicted molar refractivity (Wildman–Crippen MR) is 55.1 cm³/mol. The molecule has 1 saturated carbocycles. The first-order valence-electron chi connectivity index (χ1n) is 5.62. The van der Waals surface area contributed by atoms with Gasteiger partial charge >= 0.3 is 0 Å². The molecule has 0 radical (unpaired) electrons. The summed E-state index contributed by atoms with van der Waals surface area (Å²) in [4.78, 5) is 0. The summed E-state index contributed by atoms with van der Waals surface area (Å²) in [5.74, 6) is 1.57. The summed E-state index contributed by atoms with van der Waals surface area (Å²) in [5, 5.41) is 17.0. The third-order valence-electron chi connectivity index (χ3n) is 3.31. The molecule has 0 aromatic carbocycles. The van der Waals surface area contributed by atoms with Crippen LogP contribution in [0, 0.1) is 34.5 Å². The first-order valence-corrected chi connectivity index (χ1v) is 5.62. The Kier molecular flexibility index (Phi) is 5.08. The molecular weight excluding hydrogens is 172 g/mol. The van der Waals surface area contributed by atoms with Gasteiger partial charge in [0.25, 0.3) is 0 Å². The first-order chi connectivity index (χ1) is 6.88. The van der Waals surface area contributed by atoms with Crippen molar-refractivity contribution < 1.29 is 0 Å². The molecule has 1 fully saturated rings. The summed E-state index contributed by atoms with van der Waals surface area (Å²) in [6.45, 7) is 0. The largest absolute Gasteiger partial charge is 0.198 e. The van der Waals surface area contributed by atoms with E-state index in [1.54, 1.807) is 0 Å². The highest BCUT2D eigenvalue weighted by atomic mass is 14.3. The SMILES string of the molecule is N#CCCCC1CCCC1CCC#N. The van der Waals surface area contributed by atoms with Gasteiger partial charge in [-0.05, 0) is 31.1 Å². The molecule has 14 heavy (non-hydrogen) atoms. The fourth-order valence-corrected chi connectivity index (χ4v) is 2.57. The molecule has 0 saturated heterocycles. The lowest BCUT2D eigenvalue weighted by Gasteiger charge is -2.17. The number of nitriles is 2. The zero-order valence-electron chi connectivity index (χ0n) is 8.71. The van der Waals surface area contributed by atoms with E-state index < -0.39 is 0 Å². The molecule has 2 nitrogen and oxygen atoms in total. The van der Waals surface area contributed by atoms with Crippen LogP contribution < -0.4 is 0 Å². The first kappa shape index (κ1) is 11.1. The minimum atomic E-state index is 0.696. The molecule has 0 aromatic heterocycles. The van der Waals surface area contributed by atoms with E-state index in [9.17, 15) is 0 Å². The van der Waals surface area contributed by atoms with E-state index in [1.807, 2.05) is 0 Å². The topological polar surface area (TPSA) is 47.6 Å². The fourth-order valence-electron chi connectivity index (χ4n) is 2.57. The molecule has 76 valence electrons. The molecule has 1 aliphatic carbocycles.